The van der Waals surface area contributed by atoms with Crippen molar-refractivity contribution >= 4 is 30.3 Å². The van der Waals surface area contributed by atoms with E-state index in [2.05, 4.69) is 32.6 Å². The zero-order valence-electron chi connectivity index (χ0n) is 22.2. The average molecular weight is 514 g/mol. The number of ether oxygens (including phenoxy) is 2. The van der Waals surface area contributed by atoms with Gasteiger partial charge in [0.15, 0.2) is 0 Å². The molecule has 2 aliphatic rings. The van der Waals surface area contributed by atoms with Gasteiger partial charge in [0.1, 0.15) is 17.0 Å². The first-order chi connectivity index (χ1) is 17.1. The standard InChI is InChI=1S/C25H27NO5.C3H8.CH4S/c1-24(2,3)31-23(29)26-14-12-25(13-15-26)16-20(19-6-4-5-7-21(19)30-25)17-8-10-18(11-9-17)22(27)28;1-3-2;1-2/h4-11,16H,12-15H2,1-3H3,(H,27,28);3H2,1-2H3;2H,1H3. The number of thiol groups is 1. The number of hydrogen-bond acceptors (Lipinski definition) is 5. The highest BCUT2D eigenvalue weighted by atomic mass is 32.1. The molecule has 0 radical (unpaired) electrons. The van der Waals surface area contributed by atoms with Crippen molar-refractivity contribution in [2.75, 3.05) is 19.3 Å². The Kier molecular flexibility index (Phi) is 10.5. The lowest BCUT2D eigenvalue weighted by Crippen LogP contribution is -2.50. The summed E-state index contributed by atoms with van der Waals surface area (Å²) in [6, 6.07) is 14.8. The van der Waals surface area contributed by atoms with Gasteiger partial charge in [0.25, 0.3) is 0 Å². The number of para-hydroxylation sites is 1. The largest absolute Gasteiger partial charge is 0.482 e. The van der Waals surface area contributed by atoms with Gasteiger partial charge >= 0.3 is 12.1 Å². The summed E-state index contributed by atoms with van der Waals surface area (Å²) in [5, 5.41) is 9.21. The molecule has 1 amide bonds. The Labute approximate surface area is 220 Å². The van der Waals surface area contributed by atoms with Crippen LogP contribution in [0.3, 0.4) is 0 Å². The lowest BCUT2D eigenvalue weighted by Gasteiger charge is -2.43. The van der Waals surface area contributed by atoms with Gasteiger partial charge in [-0.3, -0.25) is 0 Å². The number of carbonyl (C=O) groups is 2. The first kappa shape index (κ1) is 29.3. The van der Waals surface area contributed by atoms with Gasteiger partial charge in [-0.05, 0) is 62.4 Å². The summed E-state index contributed by atoms with van der Waals surface area (Å²) in [5.74, 6) is -0.146. The van der Waals surface area contributed by atoms with Crippen LogP contribution in [0.1, 0.15) is 75.4 Å². The second-order valence-corrected chi connectivity index (χ2v) is 9.78. The van der Waals surface area contributed by atoms with Crippen LogP contribution in [0.2, 0.25) is 0 Å². The topological polar surface area (TPSA) is 76.1 Å². The minimum atomic E-state index is -0.945. The minimum absolute atomic E-state index is 0.255. The van der Waals surface area contributed by atoms with Crippen LogP contribution < -0.4 is 4.74 Å². The second-order valence-electron chi connectivity index (χ2n) is 9.78. The van der Waals surface area contributed by atoms with Crippen LogP contribution in [-0.4, -0.2) is 52.6 Å². The Morgan fingerprint density at radius 3 is 2.11 bits per heavy atom. The smallest absolute Gasteiger partial charge is 0.410 e. The third-order valence-electron chi connectivity index (χ3n) is 5.60. The summed E-state index contributed by atoms with van der Waals surface area (Å²) in [6.45, 7) is 10.9. The number of carboxylic acid groups (broad SMARTS) is 1. The maximum Gasteiger partial charge on any atom is 0.410 e. The van der Waals surface area contributed by atoms with Crippen molar-refractivity contribution in [3.63, 3.8) is 0 Å². The molecular weight excluding hydrogens is 474 g/mol. The van der Waals surface area contributed by atoms with E-state index in [1.165, 1.54) is 6.42 Å². The van der Waals surface area contributed by atoms with Gasteiger partial charge in [0, 0.05) is 31.5 Å². The van der Waals surface area contributed by atoms with Crippen LogP contribution >= 0.6 is 12.6 Å². The van der Waals surface area contributed by atoms with Crippen molar-refractivity contribution in [2.45, 2.75) is 65.1 Å². The fourth-order valence-corrected chi connectivity index (χ4v) is 4.04. The SMILES string of the molecule is CC(C)(C)OC(=O)N1CCC2(C=C(c3ccc(C(=O)O)cc3)c3ccccc3O2)CC1.CCC.CS. The maximum atomic E-state index is 12.5. The lowest BCUT2D eigenvalue weighted by atomic mass is 9.83. The molecule has 0 aliphatic carbocycles. The number of carbonyl (C=O) groups excluding carboxylic acids is 1. The summed E-state index contributed by atoms with van der Waals surface area (Å²) in [6.07, 6.45) is 6.08. The molecule has 4 rings (SSSR count). The number of nitrogens with zero attached hydrogens (tertiary/aromatic N) is 1. The summed E-state index contributed by atoms with van der Waals surface area (Å²) in [7, 11) is 0. The van der Waals surface area contributed by atoms with E-state index < -0.39 is 17.2 Å². The fourth-order valence-electron chi connectivity index (χ4n) is 4.04. The molecule has 1 spiro atoms. The molecule has 6 nitrogen and oxygen atoms in total. The van der Waals surface area contributed by atoms with Crippen molar-refractivity contribution < 1.29 is 24.2 Å². The molecule has 0 saturated carbocycles. The molecule has 2 heterocycles. The Bertz CT molecular complexity index is 1050. The van der Waals surface area contributed by atoms with Crippen molar-refractivity contribution in [1.82, 2.24) is 4.90 Å². The molecule has 0 bridgehead atoms. The first-order valence-electron chi connectivity index (χ1n) is 12.3. The van der Waals surface area contributed by atoms with Gasteiger partial charge in [0.05, 0.1) is 5.56 Å². The molecule has 1 fully saturated rings. The molecule has 2 aliphatic heterocycles. The van der Waals surface area contributed by atoms with Crippen LogP contribution in [-0.2, 0) is 4.74 Å². The number of amides is 1. The number of carboxylic acids is 1. The Hall–Kier alpha value is -2.93. The highest BCUT2D eigenvalue weighted by molar-refractivity contribution is 7.79. The molecule has 2 aromatic rings. The van der Waals surface area contributed by atoms with E-state index in [1.54, 1.807) is 23.3 Å². The number of aromatic carboxylic acids is 1. The van der Waals surface area contributed by atoms with Crippen molar-refractivity contribution in [3.05, 3.63) is 71.3 Å². The molecule has 36 heavy (non-hydrogen) atoms. The third-order valence-corrected chi connectivity index (χ3v) is 5.60. The van der Waals surface area contributed by atoms with Crippen LogP contribution in [0.25, 0.3) is 5.57 Å². The van der Waals surface area contributed by atoms with Crippen LogP contribution in [0, 0.1) is 0 Å². The third kappa shape index (κ3) is 7.53. The predicted octanol–water partition coefficient (Wildman–Crippen LogP) is 6.94. The summed E-state index contributed by atoms with van der Waals surface area (Å²) in [5.41, 5.74) is 2.14. The van der Waals surface area contributed by atoms with Crippen molar-refractivity contribution in [1.29, 1.82) is 0 Å². The van der Waals surface area contributed by atoms with Crippen LogP contribution in [0.15, 0.2) is 54.6 Å². The van der Waals surface area contributed by atoms with Gasteiger partial charge in [-0.25, -0.2) is 9.59 Å². The molecule has 0 unspecified atom stereocenters. The quantitative estimate of drug-likeness (QED) is 0.425. The van der Waals surface area contributed by atoms with Crippen molar-refractivity contribution in [3.8, 4) is 5.75 Å². The summed E-state index contributed by atoms with van der Waals surface area (Å²) in [4.78, 5) is 25.4. The van der Waals surface area contributed by atoms with E-state index in [1.807, 2.05) is 57.2 Å². The molecular formula is C29H39NO5S. The Morgan fingerprint density at radius 1 is 1.03 bits per heavy atom. The highest BCUT2D eigenvalue weighted by Crippen LogP contribution is 2.43. The number of hydrogen-bond donors (Lipinski definition) is 2. The van der Waals surface area contributed by atoms with E-state index in [-0.39, 0.29) is 11.7 Å². The summed E-state index contributed by atoms with van der Waals surface area (Å²) < 4.78 is 12.0. The van der Waals surface area contributed by atoms with E-state index in [9.17, 15) is 14.7 Å². The normalized spacial score (nSPS) is 15.6. The predicted molar refractivity (Wildman–Crippen MR) is 148 cm³/mol. The summed E-state index contributed by atoms with van der Waals surface area (Å²) >= 11 is 3.53. The Morgan fingerprint density at radius 2 is 1.58 bits per heavy atom. The first-order valence-corrected chi connectivity index (χ1v) is 13.2. The lowest BCUT2D eigenvalue weighted by molar-refractivity contribution is -0.00117. The molecule has 1 N–H and O–H groups in total. The molecule has 1 saturated heterocycles. The maximum absolute atomic E-state index is 12.5. The number of benzene rings is 2. The number of likely N-dealkylation sites (tertiary alicyclic amines) is 1. The molecule has 0 aromatic heterocycles. The minimum Gasteiger partial charge on any atom is -0.482 e. The number of piperidine rings is 1. The number of rotatable bonds is 2. The number of fused-ring (bicyclic) bond motifs is 1. The zero-order chi connectivity index (χ0) is 26.9. The van der Waals surface area contributed by atoms with Crippen LogP contribution in [0.4, 0.5) is 4.79 Å². The second kappa shape index (κ2) is 12.9. The van der Waals surface area contributed by atoms with Crippen molar-refractivity contribution in [2.24, 2.45) is 0 Å². The Balaban J connectivity index is 0.000000850. The van der Waals surface area contributed by atoms with Gasteiger partial charge in [0.2, 0.25) is 0 Å². The monoisotopic (exact) mass is 513 g/mol. The fraction of sp³-hybridized carbons (Fsp3) is 0.448. The molecule has 196 valence electrons. The molecule has 2 aromatic carbocycles. The van der Waals surface area contributed by atoms with Crippen LogP contribution in [0.5, 0.6) is 5.75 Å². The van der Waals surface area contributed by atoms with Gasteiger partial charge in [-0.1, -0.05) is 50.6 Å². The molecule has 0 atom stereocenters. The van der Waals surface area contributed by atoms with E-state index in [4.69, 9.17) is 9.47 Å². The van der Waals surface area contributed by atoms with E-state index in [0.29, 0.717) is 25.9 Å². The van der Waals surface area contributed by atoms with Gasteiger partial charge in [-0.2, -0.15) is 12.6 Å². The molecule has 7 heteroatoms. The highest BCUT2D eigenvalue weighted by Gasteiger charge is 2.40. The zero-order valence-corrected chi connectivity index (χ0v) is 23.1. The van der Waals surface area contributed by atoms with Gasteiger partial charge in [-0.15, -0.1) is 0 Å². The van der Waals surface area contributed by atoms with Gasteiger partial charge < -0.3 is 19.5 Å². The average Bonchev–Trinajstić information content (AvgIpc) is 2.85. The van der Waals surface area contributed by atoms with E-state index >= 15 is 0 Å². The van der Waals surface area contributed by atoms with E-state index in [0.717, 1.165) is 22.4 Å².